The van der Waals surface area contributed by atoms with Crippen molar-refractivity contribution >= 4 is 32.8 Å². The van der Waals surface area contributed by atoms with Crippen LogP contribution in [0.15, 0.2) is 28.7 Å². The van der Waals surface area contributed by atoms with Crippen LogP contribution in [0.1, 0.15) is 12.6 Å². The van der Waals surface area contributed by atoms with Gasteiger partial charge in [0.1, 0.15) is 0 Å². The summed E-state index contributed by atoms with van der Waals surface area (Å²) < 4.78 is 3.04. The Morgan fingerprint density at radius 2 is 2.25 bits per heavy atom. The van der Waals surface area contributed by atoms with Gasteiger partial charge in [-0.2, -0.15) is 0 Å². The topological polar surface area (TPSA) is 42.2 Å². The number of nitrogens with zero attached hydrogens (tertiary/aromatic N) is 1. The number of carbonyl (C=O) groups is 1. The van der Waals surface area contributed by atoms with Crippen LogP contribution in [0.5, 0.6) is 0 Å². The van der Waals surface area contributed by atoms with E-state index in [0.717, 1.165) is 27.6 Å². The summed E-state index contributed by atoms with van der Waals surface area (Å²) in [6, 6.07) is 7.88. The predicted molar refractivity (Wildman–Crippen MR) is 66.7 cm³/mol. The third kappa shape index (κ3) is 1.85. The Morgan fingerprint density at radius 3 is 2.88 bits per heavy atom. The normalized spacial score (nSPS) is 10.9. The van der Waals surface area contributed by atoms with E-state index < -0.39 is 5.97 Å². The van der Waals surface area contributed by atoms with Crippen molar-refractivity contribution in [3.63, 3.8) is 0 Å². The Bertz CT molecular complexity index is 545. The number of aliphatic carboxylic acids is 1. The molecule has 0 unspecified atom stereocenters. The number of aromatic nitrogens is 1. The van der Waals surface area contributed by atoms with Crippen LogP contribution in [0.25, 0.3) is 10.9 Å². The second-order valence-corrected chi connectivity index (χ2v) is 4.48. The number of carboxylic acid groups (broad SMARTS) is 1. The average Bonchev–Trinajstić information content (AvgIpc) is 2.56. The first-order valence-electron chi connectivity index (χ1n) is 5.12. The van der Waals surface area contributed by atoms with E-state index >= 15 is 0 Å². The zero-order valence-corrected chi connectivity index (χ0v) is 10.5. The molecule has 2 rings (SSSR count). The molecule has 2 aromatic rings. The SMILES string of the molecule is CCn1c(CC(=O)O)cc2c(Br)cccc21. The highest BCUT2D eigenvalue weighted by atomic mass is 79.9. The molecule has 0 saturated heterocycles. The summed E-state index contributed by atoms with van der Waals surface area (Å²) in [7, 11) is 0. The van der Waals surface area contributed by atoms with Gasteiger partial charge in [-0.1, -0.05) is 22.0 Å². The summed E-state index contributed by atoms with van der Waals surface area (Å²) in [6.07, 6.45) is 0.0644. The zero-order chi connectivity index (χ0) is 11.7. The number of carboxylic acids is 1. The highest BCUT2D eigenvalue weighted by molar-refractivity contribution is 9.10. The number of hydrogen-bond acceptors (Lipinski definition) is 1. The lowest BCUT2D eigenvalue weighted by Crippen LogP contribution is -2.06. The Balaban J connectivity index is 2.66. The molecule has 3 nitrogen and oxygen atoms in total. The maximum atomic E-state index is 10.8. The molecule has 0 aliphatic carbocycles. The van der Waals surface area contributed by atoms with Gasteiger partial charge in [0.2, 0.25) is 0 Å². The van der Waals surface area contributed by atoms with Gasteiger partial charge in [0.25, 0.3) is 0 Å². The highest BCUT2D eigenvalue weighted by Gasteiger charge is 2.11. The van der Waals surface area contributed by atoms with Gasteiger partial charge < -0.3 is 9.67 Å². The quantitative estimate of drug-likeness (QED) is 0.940. The van der Waals surface area contributed by atoms with E-state index in [1.165, 1.54) is 0 Å². The number of halogens is 1. The Labute approximate surface area is 102 Å². The van der Waals surface area contributed by atoms with E-state index in [-0.39, 0.29) is 6.42 Å². The van der Waals surface area contributed by atoms with Gasteiger partial charge in [0.05, 0.1) is 6.42 Å². The molecule has 16 heavy (non-hydrogen) atoms. The number of fused-ring (bicyclic) bond motifs is 1. The smallest absolute Gasteiger partial charge is 0.309 e. The number of rotatable bonds is 3. The van der Waals surface area contributed by atoms with Crippen LogP contribution in [-0.4, -0.2) is 15.6 Å². The minimum absolute atomic E-state index is 0.0644. The van der Waals surface area contributed by atoms with Gasteiger partial charge in [-0.15, -0.1) is 0 Å². The molecule has 0 spiro atoms. The molecule has 1 aromatic heterocycles. The van der Waals surface area contributed by atoms with Crippen LogP contribution in [0, 0.1) is 0 Å². The van der Waals surface area contributed by atoms with Crippen molar-refractivity contribution in [2.45, 2.75) is 19.9 Å². The van der Waals surface area contributed by atoms with Crippen LogP contribution in [0.3, 0.4) is 0 Å². The summed E-state index contributed by atoms with van der Waals surface area (Å²) in [5.41, 5.74) is 1.92. The molecule has 0 atom stereocenters. The van der Waals surface area contributed by atoms with E-state index in [1.807, 2.05) is 35.8 Å². The molecular weight excluding hydrogens is 270 g/mol. The number of benzene rings is 1. The molecule has 0 saturated carbocycles. The van der Waals surface area contributed by atoms with Crippen molar-refractivity contribution in [3.05, 3.63) is 34.4 Å². The third-order valence-corrected chi connectivity index (χ3v) is 3.32. The lowest BCUT2D eigenvalue weighted by atomic mass is 10.2. The molecule has 0 fully saturated rings. The van der Waals surface area contributed by atoms with Gasteiger partial charge in [-0.25, -0.2) is 0 Å². The summed E-state index contributed by atoms with van der Waals surface area (Å²) in [4.78, 5) is 10.8. The molecule has 0 radical (unpaired) electrons. The fraction of sp³-hybridized carbons (Fsp3) is 0.250. The van der Waals surface area contributed by atoms with Crippen LogP contribution in [-0.2, 0) is 17.8 Å². The maximum absolute atomic E-state index is 10.8. The molecular formula is C12H12BrNO2. The first-order valence-corrected chi connectivity index (χ1v) is 5.91. The third-order valence-electron chi connectivity index (χ3n) is 2.63. The highest BCUT2D eigenvalue weighted by Crippen LogP contribution is 2.27. The van der Waals surface area contributed by atoms with E-state index in [0.29, 0.717) is 0 Å². The summed E-state index contributed by atoms with van der Waals surface area (Å²) in [6.45, 7) is 2.80. The largest absolute Gasteiger partial charge is 0.481 e. The molecule has 4 heteroatoms. The van der Waals surface area contributed by atoms with Gasteiger partial charge in [0, 0.05) is 27.6 Å². The van der Waals surface area contributed by atoms with Crippen LogP contribution in [0.4, 0.5) is 0 Å². The summed E-state index contributed by atoms with van der Waals surface area (Å²) in [5, 5.41) is 9.93. The second kappa shape index (κ2) is 4.29. The lowest BCUT2D eigenvalue weighted by molar-refractivity contribution is -0.136. The molecule has 1 aromatic carbocycles. The summed E-state index contributed by atoms with van der Waals surface area (Å²) >= 11 is 3.48. The lowest BCUT2D eigenvalue weighted by Gasteiger charge is -2.05. The van der Waals surface area contributed by atoms with Gasteiger partial charge >= 0.3 is 5.97 Å². The fourth-order valence-corrected chi connectivity index (χ4v) is 2.45. The first-order chi connectivity index (χ1) is 7.63. The molecule has 0 bridgehead atoms. The molecule has 0 aliphatic rings. The maximum Gasteiger partial charge on any atom is 0.309 e. The molecule has 1 heterocycles. The molecule has 84 valence electrons. The monoisotopic (exact) mass is 281 g/mol. The molecule has 1 N–H and O–H groups in total. The Morgan fingerprint density at radius 1 is 1.50 bits per heavy atom. The van der Waals surface area contributed by atoms with Crippen molar-refractivity contribution in [2.24, 2.45) is 0 Å². The molecule has 0 aliphatic heterocycles. The second-order valence-electron chi connectivity index (χ2n) is 3.62. The van der Waals surface area contributed by atoms with E-state index in [9.17, 15) is 4.79 Å². The van der Waals surface area contributed by atoms with Crippen LogP contribution >= 0.6 is 15.9 Å². The first kappa shape index (κ1) is 11.2. The van der Waals surface area contributed by atoms with Crippen molar-refractivity contribution in [1.82, 2.24) is 4.57 Å². The average molecular weight is 282 g/mol. The van der Waals surface area contributed by atoms with Crippen LogP contribution in [0.2, 0.25) is 0 Å². The van der Waals surface area contributed by atoms with Crippen molar-refractivity contribution in [2.75, 3.05) is 0 Å². The predicted octanol–water partition coefficient (Wildman–Crippen LogP) is 3.05. The Hall–Kier alpha value is -1.29. The number of aryl methyl sites for hydroxylation is 1. The van der Waals surface area contributed by atoms with Gasteiger partial charge in [-0.05, 0) is 25.1 Å². The summed E-state index contributed by atoms with van der Waals surface area (Å²) in [5.74, 6) is -0.798. The Kier molecular flexibility index (Phi) is 3.01. The standard InChI is InChI=1S/C12H12BrNO2/c1-2-14-8(7-12(15)16)6-9-10(13)4-3-5-11(9)14/h3-6H,2,7H2,1H3,(H,15,16). The van der Waals surface area contributed by atoms with Crippen molar-refractivity contribution in [3.8, 4) is 0 Å². The van der Waals surface area contributed by atoms with Crippen molar-refractivity contribution < 1.29 is 9.90 Å². The minimum Gasteiger partial charge on any atom is -0.481 e. The minimum atomic E-state index is -0.798. The van der Waals surface area contributed by atoms with Crippen LogP contribution < -0.4 is 0 Å². The zero-order valence-electron chi connectivity index (χ0n) is 8.90. The van der Waals surface area contributed by atoms with E-state index in [2.05, 4.69) is 15.9 Å². The van der Waals surface area contributed by atoms with E-state index in [1.54, 1.807) is 0 Å². The fourth-order valence-electron chi connectivity index (χ4n) is 1.98. The van der Waals surface area contributed by atoms with E-state index in [4.69, 9.17) is 5.11 Å². The van der Waals surface area contributed by atoms with Gasteiger partial charge in [0.15, 0.2) is 0 Å². The molecule has 0 amide bonds. The van der Waals surface area contributed by atoms with Crippen molar-refractivity contribution in [1.29, 1.82) is 0 Å². The van der Waals surface area contributed by atoms with Gasteiger partial charge in [-0.3, -0.25) is 4.79 Å². The number of hydrogen-bond donors (Lipinski definition) is 1.